The fourth-order valence-electron chi connectivity index (χ4n) is 2.98. The number of amides is 1. The first-order valence-corrected chi connectivity index (χ1v) is 10.6. The smallest absolute Gasteiger partial charge is 0.277 e. The molecular formula is C27H28N2O4. The van der Waals surface area contributed by atoms with Gasteiger partial charge in [0.05, 0.1) is 13.3 Å². The summed E-state index contributed by atoms with van der Waals surface area (Å²) in [6.07, 6.45) is 4.10. The topological polar surface area (TPSA) is 69.2 Å². The van der Waals surface area contributed by atoms with E-state index in [2.05, 4.69) is 48.3 Å². The number of rotatable bonds is 11. The van der Waals surface area contributed by atoms with E-state index < -0.39 is 0 Å². The average molecular weight is 445 g/mol. The Balaban J connectivity index is 1.44. The Morgan fingerprint density at radius 3 is 2.39 bits per heavy atom. The van der Waals surface area contributed by atoms with Gasteiger partial charge in [0, 0.05) is 0 Å². The summed E-state index contributed by atoms with van der Waals surface area (Å²) in [4.78, 5) is 12.0. The predicted molar refractivity (Wildman–Crippen MR) is 130 cm³/mol. The summed E-state index contributed by atoms with van der Waals surface area (Å²) in [7, 11) is 1.56. The molecule has 0 spiro atoms. The number of nitrogens with one attached hydrogen (secondary N) is 1. The third kappa shape index (κ3) is 7.54. The maximum atomic E-state index is 12.0. The predicted octanol–water partition coefficient (Wildman–Crippen LogP) is 4.84. The quantitative estimate of drug-likeness (QED) is 0.261. The van der Waals surface area contributed by atoms with Gasteiger partial charge in [-0.05, 0) is 66.4 Å². The molecule has 0 radical (unpaired) electrons. The van der Waals surface area contributed by atoms with Gasteiger partial charge in [0.15, 0.2) is 18.1 Å². The van der Waals surface area contributed by atoms with E-state index in [9.17, 15) is 4.79 Å². The molecule has 0 heterocycles. The van der Waals surface area contributed by atoms with Gasteiger partial charge in [-0.25, -0.2) is 5.43 Å². The standard InChI is InChI=1S/C27H28N2O4/c1-4-5-21-12-15-25(26(16-21)31-3)33-19-27(30)29-28-17-22-10-13-24(14-11-22)32-18-23-8-6-20(2)7-9-23/h4,6-17H,1,5,18-19H2,2-3H3,(H,29,30)/b28-17+. The minimum atomic E-state index is -0.374. The number of hydrogen-bond donors (Lipinski definition) is 1. The van der Waals surface area contributed by atoms with E-state index in [1.54, 1.807) is 19.4 Å². The number of benzene rings is 3. The Hall–Kier alpha value is -4.06. The van der Waals surface area contributed by atoms with Crippen molar-refractivity contribution in [1.82, 2.24) is 5.43 Å². The lowest BCUT2D eigenvalue weighted by molar-refractivity contribution is -0.123. The van der Waals surface area contributed by atoms with Crippen LogP contribution in [0.2, 0.25) is 0 Å². The van der Waals surface area contributed by atoms with Crippen molar-refractivity contribution in [2.45, 2.75) is 20.0 Å². The molecule has 0 saturated carbocycles. The third-order valence-corrected chi connectivity index (χ3v) is 4.78. The minimum Gasteiger partial charge on any atom is -0.493 e. The van der Waals surface area contributed by atoms with Crippen LogP contribution in [0, 0.1) is 6.92 Å². The van der Waals surface area contributed by atoms with Crippen LogP contribution in [0.25, 0.3) is 0 Å². The van der Waals surface area contributed by atoms with Crippen LogP contribution in [0.1, 0.15) is 22.3 Å². The molecule has 6 heteroatoms. The molecule has 1 amide bonds. The summed E-state index contributed by atoms with van der Waals surface area (Å²) in [5, 5.41) is 3.98. The summed E-state index contributed by atoms with van der Waals surface area (Å²) < 4.78 is 16.7. The lowest BCUT2D eigenvalue weighted by Crippen LogP contribution is -2.24. The largest absolute Gasteiger partial charge is 0.493 e. The first-order valence-electron chi connectivity index (χ1n) is 10.6. The summed E-state index contributed by atoms with van der Waals surface area (Å²) in [6, 6.07) is 21.2. The molecule has 0 aromatic heterocycles. The van der Waals surface area contributed by atoms with Crippen molar-refractivity contribution < 1.29 is 19.0 Å². The van der Waals surface area contributed by atoms with Gasteiger partial charge in [0.1, 0.15) is 12.4 Å². The van der Waals surface area contributed by atoms with Gasteiger partial charge in [0.25, 0.3) is 5.91 Å². The van der Waals surface area contributed by atoms with E-state index >= 15 is 0 Å². The third-order valence-electron chi connectivity index (χ3n) is 4.78. The SMILES string of the molecule is C=CCc1ccc(OCC(=O)N/N=C/c2ccc(OCc3ccc(C)cc3)cc2)c(OC)c1. The average Bonchev–Trinajstić information content (AvgIpc) is 2.84. The second-order valence-electron chi connectivity index (χ2n) is 7.40. The molecule has 170 valence electrons. The summed E-state index contributed by atoms with van der Waals surface area (Å²) in [6.45, 7) is 6.11. The van der Waals surface area contributed by atoms with Crippen LogP contribution < -0.4 is 19.6 Å². The van der Waals surface area contributed by atoms with Crippen molar-refractivity contribution in [2.24, 2.45) is 5.10 Å². The van der Waals surface area contributed by atoms with E-state index in [-0.39, 0.29) is 12.5 Å². The van der Waals surface area contributed by atoms with Gasteiger partial charge in [0.2, 0.25) is 0 Å². The number of carbonyl (C=O) groups is 1. The van der Waals surface area contributed by atoms with Gasteiger partial charge in [-0.15, -0.1) is 6.58 Å². The maximum absolute atomic E-state index is 12.0. The van der Waals surface area contributed by atoms with Gasteiger partial charge >= 0.3 is 0 Å². The van der Waals surface area contributed by atoms with Gasteiger partial charge in [-0.2, -0.15) is 5.10 Å². The zero-order valence-electron chi connectivity index (χ0n) is 18.9. The Bertz CT molecular complexity index is 1090. The summed E-state index contributed by atoms with van der Waals surface area (Å²) in [5.74, 6) is 1.45. The van der Waals surface area contributed by atoms with Crippen LogP contribution in [-0.2, 0) is 17.8 Å². The van der Waals surface area contributed by atoms with Crippen molar-refractivity contribution in [3.8, 4) is 17.2 Å². The highest BCUT2D eigenvalue weighted by Gasteiger charge is 2.08. The Kier molecular flexibility index (Phi) is 8.65. The molecule has 0 atom stereocenters. The molecular weight excluding hydrogens is 416 g/mol. The molecule has 0 saturated heterocycles. The summed E-state index contributed by atoms with van der Waals surface area (Å²) >= 11 is 0. The lowest BCUT2D eigenvalue weighted by atomic mass is 10.1. The fourth-order valence-corrected chi connectivity index (χ4v) is 2.98. The highest BCUT2D eigenvalue weighted by atomic mass is 16.5. The van der Waals surface area contributed by atoms with Crippen molar-refractivity contribution in [3.05, 3.63) is 102 Å². The Morgan fingerprint density at radius 2 is 1.70 bits per heavy atom. The molecule has 0 fully saturated rings. The Morgan fingerprint density at radius 1 is 0.970 bits per heavy atom. The van der Waals surface area contributed by atoms with Crippen LogP contribution in [0.5, 0.6) is 17.2 Å². The first kappa shape index (κ1) is 23.6. The zero-order valence-corrected chi connectivity index (χ0v) is 18.9. The van der Waals surface area contributed by atoms with E-state index in [1.807, 2.05) is 42.5 Å². The van der Waals surface area contributed by atoms with Crippen molar-refractivity contribution in [3.63, 3.8) is 0 Å². The van der Waals surface area contributed by atoms with Crippen LogP contribution in [0.3, 0.4) is 0 Å². The van der Waals surface area contributed by atoms with Crippen LogP contribution >= 0.6 is 0 Å². The normalized spacial score (nSPS) is 10.6. The second-order valence-corrected chi connectivity index (χ2v) is 7.40. The van der Waals surface area contributed by atoms with Crippen molar-refractivity contribution in [2.75, 3.05) is 13.7 Å². The molecule has 0 aliphatic carbocycles. The molecule has 3 aromatic rings. The number of methoxy groups -OCH3 is 1. The molecule has 33 heavy (non-hydrogen) atoms. The minimum absolute atomic E-state index is 0.180. The number of nitrogens with zero attached hydrogens (tertiary/aromatic N) is 1. The molecule has 1 N–H and O–H groups in total. The highest BCUT2D eigenvalue weighted by molar-refractivity contribution is 5.83. The van der Waals surface area contributed by atoms with Crippen LogP contribution in [0.4, 0.5) is 0 Å². The Labute approximate surface area is 194 Å². The highest BCUT2D eigenvalue weighted by Crippen LogP contribution is 2.28. The summed E-state index contributed by atoms with van der Waals surface area (Å²) in [5.41, 5.74) is 6.67. The van der Waals surface area contributed by atoms with Crippen LogP contribution in [0.15, 0.2) is 84.5 Å². The van der Waals surface area contributed by atoms with Gasteiger partial charge in [-0.1, -0.05) is 42.0 Å². The number of allylic oxidation sites excluding steroid dienone is 1. The number of carbonyl (C=O) groups excluding carboxylic acids is 1. The fraction of sp³-hybridized carbons (Fsp3) is 0.185. The molecule has 3 aromatic carbocycles. The van der Waals surface area contributed by atoms with E-state index in [1.165, 1.54) is 5.56 Å². The molecule has 0 aliphatic heterocycles. The second kappa shape index (κ2) is 12.1. The number of ether oxygens (including phenoxy) is 3. The van der Waals surface area contributed by atoms with E-state index in [4.69, 9.17) is 14.2 Å². The van der Waals surface area contributed by atoms with Crippen molar-refractivity contribution >= 4 is 12.1 Å². The molecule has 6 nitrogen and oxygen atoms in total. The number of aryl methyl sites for hydroxylation is 1. The van der Waals surface area contributed by atoms with E-state index in [0.717, 1.165) is 28.9 Å². The molecule has 0 aliphatic rings. The lowest BCUT2D eigenvalue weighted by Gasteiger charge is -2.11. The molecule has 3 rings (SSSR count). The first-order chi connectivity index (χ1) is 16.1. The molecule has 0 bridgehead atoms. The maximum Gasteiger partial charge on any atom is 0.277 e. The van der Waals surface area contributed by atoms with Crippen molar-refractivity contribution in [1.29, 1.82) is 0 Å². The zero-order chi connectivity index (χ0) is 23.5. The van der Waals surface area contributed by atoms with E-state index in [0.29, 0.717) is 18.1 Å². The number of hydrazone groups is 1. The van der Waals surface area contributed by atoms with Gasteiger partial charge in [-0.3, -0.25) is 4.79 Å². The monoisotopic (exact) mass is 444 g/mol. The van der Waals surface area contributed by atoms with Gasteiger partial charge < -0.3 is 14.2 Å². The number of hydrogen-bond acceptors (Lipinski definition) is 5. The molecule has 0 unspecified atom stereocenters. The van der Waals surface area contributed by atoms with Crippen LogP contribution in [-0.4, -0.2) is 25.8 Å².